The zero-order valence-electron chi connectivity index (χ0n) is 17.3. The second kappa shape index (κ2) is 9.41. The number of thiocarbonyl (C=S) groups is 1. The van der Waals surface area contributed by atoms with Gasteiger partial charge in [-0.25, -0.2) is 0 Å². The van der Waals surface area contributed by atoms with Crippen LogP contribution in [0.15, 0.2) is 103 Å². The van der Waals surface area contributed by atoms with E-state index < -0.39 is 11.8 Å². The molecule has 6 heteroatoms. The van der Waals surface area contributed by atoms with Crippen LogP contribution >= 0.6 is 12.2 Å². The summed E-state index contributed by atoms with van der Waals surface area (Å²) in [4.78, 5) is 28.6. The average molecular weight is 440 g/mol. The van der Waals surface area contributed by atoms with Crippen molar-refractivity contribution in [2.24, 2.45) is 0 Å². The Morgan fingerprint density at radius 1 is 0.844 bits per heavy atom. The third kappa shape index (κ3) is 4.36. The standard InChI is InChI=1S/C26H21N3O2S/c1-2-17-28-25(31)23(24(30)27-26(28)32)18-19-13-15-22(16-14-19)29(20-9-5-3-6-10-20)21-11-7-4-8-12-21/h2-16,18H,1,17H2,(H,27,30,32)/b23-18+. The number of nitrogens with one attached hydrogen (secondary N) is 1. The molecule has 0 aromatic heterocycles. The molecule has 0 unspecified atom stereocenters. The van der Waals surface area contributed by atoms with E-state index in [1.807, 2.05) is 84.9 Å². The maximum Gasteiger partial charge on any atom is 0.265 e. The number of anilines is 3. The molecule has 0 atom stereocenters. The van der Waals surface area contributed by atoms with Gasteiger partial charge < -0.3 is 4.90 Å². The van der Waals surface area contributed by atoms with Crippen molar-refractivity contribution in [2.75, 3.05) is 11.4 Å². The summed E-state index contributed by atoms with van der Waals surface area (Å²) in [7, 11) is 0. The lowest BCUT2D eigenvalue weighted by Crippen LogP contribution is -2.53. The van der Waals surface area contributed by atoms with Crippen LogP contribution in [0.3, 0.4) is 0 Å². The third-order valence-corrected chi connectivity index (χ3v) is 5.31. The molecule has 3 aromatic rings. The van der Waals surface area contributed by atoms with Crippen LogP contribution in [-0.2, 0) is 9.59 Å². The number of rotatable bonds is 6. The SMILES string of the molecule is C=CCN1C(=O)/C(=C/c2ccc(N(c3ccccc3)c3ccccc3)cc2)C(=O)NC1=S. The van der Waals surface area contributed by atoms with E-state index >= 15 is 0 Å². The first-order valence-electron chi connectivity index (χ1n) is 10.1. The topological polar surface area (TPSA) is 52.7 Å². The first-order valence-corrected chi connectivity index (χ1v) is 10.5. The number of carbonyl (C=O) groups is 2. The second-order valence-corrected chi connectivity index (χ2v) is 7.51. The second-order valence-electron chi connectivity index (χ2n) is 7.12. The Balaban J connectivity index is 1.67. The molecule has 1 fully saturated rings. The molecular formula is C26H21N3O2S. The fourth-order valence-electron chi connectivity index (χ4n) is 3.48. The van der Waals surface area contributed by atoms with Crippen molar-refractivity contribution < 1.29 is 9.59 Å². The molecule has 1 aliphatic rings. The molecule has 1 saturated heterocycles. The van der Waals surface area contributed by atoms with Crippen molar-refractivity contribution in [1.82, 2.24) is 10.2 Å². The molecule has 1 heterocycles. The number of amides is 2. The van der Waals surface area contributed by atoms with Crippen LogP contribution in [-0.4, -0.2) is 28.4 Å². The maximum absolute atomic E-state index is 12.7. The molecule has 1 aliphatic heterocycles. The van der Waals surface area contributed by atoms with E-state index in [1.165, 1.54) is 4.90 Å². The van der Waals surface area contributed by atoms with Crippen LogP contribution in [0, 0.1) is 0 Å². The van der Waals surface area contributed by atoms with E-state index in [4.69, 9.17) is 12.2 Å². The predicted molar refractivity (Wildman–Crippen MR) is 132 cm³/mol. The Morgan fingerprint density at radius 3 is 1.91 bits per heavy atom. The Hall–Kier alpha value is -4.03. The van der Waals surface area contributed by atoms with Crippen LogP contribution < -0.4 is 10.2 Å². The minimum Gasteiger partial charge on any atom is -0.311 e. The Kier molecular flexibility index (Phi) is 6.24. The predicted octanol–water partition coefficient (Wildman–Crippen LogP) is 4.97. The molecule has 0 radical (unpaired) electrons. The monoisotopic (exact) mass is 439 g/mol. The third-order valence-electron chi connectivity index (χ3n) is 4.99. The summed E-state index contributed by atoms with van der Waals surface area (Å²) in [6.07, 6.45) is 3.14. The molecule has 0 saturated carbocycles. The summed E-state index contributed by atoms with van der Waals surface area (Å²) in [5.74, 6) is -0.933. The number of carbonyl (C=O) groups excluding carboxylic acids is 2. The van der Waals surface area contributed by atoms with Gasteiger partial charge in [0.2, 0.25) is 0 Å². The highest BCUT2D eigenvalue weighted by molar-refractivity contribution is 7.80. The van der Waals surface area contributed by atoms with Crippen molar-refractivity contribution in [3.05, 3.63) is 109 Å². The average Bonchev–Trinajstić information content (AvgIpc) is 2.82. The van der Waals surface area contributed by atoms with Crippen molar-refractivity contribution in [1.29, 1.82) is 0 Å². The normalized spacial score (nSPS) is 14.9. The Bertz CT molecular complexity index is 1150. The van der Waals surface area contributed by atoms with E-state index in [0.29, 0.717) is 0 Å². The molecule has 0 spiro atoms. The van der Waals surface area contributed by atoms with E-state index in [2.05, 4.69) is 16.8 Å². The summed E-state index contributed by atoms with van der Waals surface area (Å²) in [6.45, 7) is 3.87. The van der Waals surface area contributed by atoms with Crippen molar-refractivity contribution in [3.63, 3.8) is 0 Å². The number of benzene rings is 3. The van der Waals surface area contributed by atoms with Crippen LogP contribution in [0.2, 0.25) is 0 Å². The molecule has 4 rings (SSSR count). The summed E-state index contributed by atoms with van der Waals surface area (Å²) < 4.78 is 0. The van der Waals surface area contributed by atoms with Gasteiger partial charge in [0.25, 0.3) is 11.8 Å². The molecule has 32 heavy (non-hydrogen) atoms. The van der Waals surface area contributed by atoms with Gasteiger partial charge in [0.1, 0.15) is 5.57 Å². The zero-order chi connectivity index (χ0) is 22.5. The highest BCUT2D eigenvalue weighted by atomic mass is 32.1. The van der Waals surface area contributed by atoms with Gasteiger partial charge in [-0.15, -0.1) is 6.58 Å². The van der Waals surface area contributed by atoms with E-state index in [0.717, 1.165) is 22.6 Å². The fraction of sp³-hybridized carbons (Fsp3) is 0.0385. The molecule has 158 valence electrons. The van der Waals surface area contributed by atoms with Gasteiger partial charge in [0, 0.05) is 23.6 Å². The van der Waals surface area contributed by atoms with Gasteiger partial charge >= 0.3 is 0 Å². The van der Waals surface area contributed by atoms with Gasteiger partial charge in [-0.2, -0.15) is 0 Å². The molecular weight excluding hydrogens is 418 g/mol. The molecule has 3 aromatic carbocycles. The quantitative estimate of drug-likeness (QED) is 0.255. The van der Waals surface area contributed by atoms with Crippen LogP contribution in [0.4, 0.5) is 17.1 Å². The largest absolute Gasteiger partial charge is 0.311 e. The first kappa shape index (κ1) is 21.2. The lowest BCUT2D eigenvalue weighted by Gasteiger charge is -2.28. The highest BCUT2D eigenvalue weighted by Gasteiger charge is 2.32. The van der Waals surface area contributed by atoms with Crippen molar-refractivity contribution in [3.8, 4) is 0 Å². The van der Waals surface area contributed by atoms with Crippen molar-refractivity contribution in [2.45, 2.75) is 0 Å². The van der Waals surface area contributed by atoms with Gasteiger partial charge in [-0.3, -0.25) is 19.8 Å². The number of hydrogen-bond donors (Lipinski definition) is 1. The summed E-state index contributed by atoms with van der Waals surface area (Å²) in [6, 6.07) is 27.8. The maximum atomic E-state index is 12.7. The van der Waals surface area contributed by atoms with Crippen LogP contribution in [0.1, 0.15) is 5.56 Å². The molecule has 0 bridgehead atoms. The zero-order valence-corrected chi connectivity index (χ0v) is 18.1. The van der Waals surface area contributed by atoms with Gasteiger partial charge in [0.15, 0.2) is 5.11 Å². The Labute approximate surface area is 192 Å². The highest BCUT2D eigenvalue weighted by Crippen LogP contribution is 2.34. The van der Waals surface area contributed by atoms with Crippen molar-refractivity contribution >= 4 is 52.3 Å². The van der Waals surface area contributed by atoms with Gasteiger partial charge in [-0.1, -0.05) is 54.6 Å². The number of para-hydroxylation sites is 2. The first-order chi connectivity index (χ1) is 15.6. The lowest BCUT2D eigenvalue weighted by molar-refractivity contribution is -0.128. The molecule has 0 aliphatic carbocycles. The van der Waals surface area contributed by atoms with Gasteiger partial charge in [-0.05, 0) is 60.3 Å². The Morgan fingerprint density at radius 2 is 1.38 bits per heavy atom. The number of nitrogens with zero attached hydrogens (tertiary/aromatic N) is 2. The van der Waals surface area contributed by atoms with Gasteiger partial charge in [0.05, 0.1) is 0 Å². The van der Waals surface area contributed by atoms with Crippen LogP contribution in [0.5, 0.6) is 0 Å². The lowest BCUT2D eigenvalue weighted by atomic mass is 10.1. The molecule has 2 amide bonds. The smallest absolute Gasteiger partial charge is 0.265 e. The molecule has 5 nitrogen and oxygen atoms in total. The van der Waals surface area contributed by atoms with E-state index in [9.17, 15) is 9.59 Å². The number of hydrogen-bond acceptors (Lipinski definition) is 4. The van der Waals surface area contributed by atoms with E-state index in [1.54, 1.807) is 12.2 Å². The summed E-state index contributed by atoms with van der Waals surface area (Å²) >= 11 is 5.10. The molecule has 1 N–H and O–H groups in total. The summed E-state index contributed by atoms with van der Waals surface area (Å²) in [5.41, 5.74) is 3.79. The van der Waals surface area contributed by atoms with E-state index in [-0.39, 0.29) is 17.2 Å². The minimum absolute atomic E-state index is 0.0381. The minimum atomic E-state index is -0.500. The van der Waals surface area contributed by atoms with Crippen LogP contribution in [0.25, 0.3) is 6.08 Å². The fourth-order valence-corrected chi connectivity index (χ4v) is 3.73. The summed E-state index contributed by atoms with van der Waals surface area (Å²) in [5, 5.41) is 2.65.